The third kappa shape index (κ3) is 1.85. The van der Waals surface area contributed by atoms with Gasteiger partial charge >= 0.3 is 0 Å². The first-order chi connectivity index (χ1) is 9.81. The van der Waals surface area contributed by atoms with Gasteiger partial charge in [-0.1, -0.05) is 6.08 Å². The molecule has 0 saturated heterocycles. The van der Waals surface area contributed by atoms with Crippen molar-refractivity contribution in [3.63, 3.8) is 0 Å². The molecule has 4 rings (SSSR count). The average Bonchev–Trinajstić information content (AvgIpc) is 3.04. The van der Waals surface area contributed by atoms with E-state index in [0.29, 0.717) is 12.5 Å². The molecule has 7 nitrogen and oxygen atoms in total. The maximum atomic E-state index is 5.39. The minimum Gasteiger partial charge on any atom is -0.372 e. The Bertz CT molecular complexity index is 670. The van der Waals surface area contributed by atoms with Crippen molar-refractivity contribution in [1.29, 1.82) is 0 Å². The third-order valence-corrected chi connectivity index (χ3v) is 3.93. The van der Waals surface area contributed by atoms with Crippen molar-refractivity contribution in [1.82, 2.24) is 29.5 Å². The van der Waals surface area contributed by atoms with Gasteiger partial charge in [0.05, 0.1) is 6.61 Å². The summed E-state index contributed by atoms with van der Waals surface area (Å²) < 4.78 is 9.62. The van der Waals surface area contributed by atoms with Crippen LogP contribution in [-0.2, 0) is 30.7 Å². The Morgan fingerprint density at radius 2 is 2.15 bits per heavy atom. The summed E-state index contributed by atoms with van der Waals surface area (Å²) in [7, 11) is 0. The largest absolute Gasteiger partial charge is 0.372 e. The van der Waals surface area contributed by atoms with Crippen LogP contribution in [0.1, 0.15) is 23.3 Å². The maximum Gasteiger partial charge on any atom is 0.159 e. The van der Waals surface area contributed by atoms with Crippen molar-refractivity contribution in [2.45, 2.75) is 32.9 Å². The molecule has 104 valence electrons. The van der Waals surface area contributed by atoms with Gasteiger partial charge in [-0.25, -0.2) is 0 Å². The molecule has 1 unspecified atom stereocenters. The Morgan fingerprint density at radius 1 is 1.25 bits per heavy atom. The lowest BCUT2D eigenvalue weighted by Gasteiger charge is -2.19. The summed E-state index contributed by atoms with van der Waals surface area (Å²) in [6.45, 7) is 4.13. The van der Waals surface area contributed by atoms with Crippen LogP contribution in [0.3, 0.4) is 0 Å². The van der Waals surface area contributed by atoms with E-state index in [1.54, 1.807) is 0 Å². The molecule has 4 heterocycles. The van der Waals surface area contributed by atoms with Crippen LogP contribution in [0.2, 0.25) is 0 Å². The molecule has 0 aromatic carbocycles. The maximum absolute atomic E-state index is 5.39. The lowest BCUT2D eigenvalue weighted by atomic mass is 9.98. The molecule has 2 aromatic rings. The fraction of sp³-hybridized carbons (Fsp3) is 0.538. The second-order valence-electron chi connectivity index (χ2n) is 5.28. The van der Waals surface area contributed by atoms with Crippen molar-refractivity contribution in [2.75, 3.05) is 6.61 Å². The zero-order valence-corrected chi connectivity index (χ0v) is 11.4. The Morgan fingerprint density at radius 3 is 3.10 bits per heavy atom. The second-order valence-corrected chi connectivity index (χ2v) is 5.28. The van der Waals surface area contributed by atoms with Gasteiger partial charge < -0.3 is 9.30 Å². The van der Waals surface area contributed by atoms with Gasteiger partial charge in [-0.3, -0.25) is 4.57 Å². The predicted octanol–water partition coefficient (Wildman–Crippen LogP) is 0.594. The molecule has 0 aliphatic carbocycles. The predicted molar refractivity (Wildman–Crippen MR) is 70.7 cm³/mol. The molecule has 2 aliphatic rings. The molecule has 7 heteroatoms. The molecule has 0 bridgehead atoms. The number of hydrogen-bond donors (Lipinski definition) is 0. The molecule has 2 aliphatic heterocycles. The highest BCUT2D eigenvalue weighted by Crippen LogP contribution is 2.21. The summed E-state index contributed by atoms with van der Waals surface area (Å²) in [5.74, 6) is 4.35. The van der Waals surface area contributed by atoms with Gasteiger partial charge in [0.25, 0.3) is 0 Å². The summed E-state index contributed by atoms with van der Waals surface area (Å²) in [5, 5.41) is 16.8. The molecule has 0 radical (unpaired) electrons. The van der Waals surface area contributed by atoms with Gasteiger partial charge in [-0.05, 0) is 12.8 Å². The molecule has 0 amide bonds. The second kappa shape index (κ2) is 4.52. The molecule has 0 fully saturated rings. The Labute approximate surface area is 116 Å². The molecule has 0 N–H and O–H groups in total. The first kappa shape index (κ1) is 11.8. The fourth-order valence-electron chi connectivity index (χ4n) is 2.84. The van der Waals surface area contributed by atoms with Crippen molar-refractivity contribution in [3.8, 4) is 0 Å². The van der Waals surface area contributed by atoms with E-state index in [2.05, 4.69) is 37.2 Å². The number of rotatable bonds is 2. The van der Waals surface area contributed by atoms with Gasteiger partial charge in [0, 0.05) is 25.6 Å². The molecule has 1 atom stereocenters. The van der Waals surface area contributed by atoms with E-state index < -0.39 is 0 Å². The van der Waals surface area contributed by atoms with Gasteiger partial charge in [-0.15, -0.1) is 20.4 Å². The number of fused-ring (bicyclic) bond motifs is 2. The van der Waals surface area contributed by atoms with Gasteiger partial charge in [0.1, 0.15) is 24.1 Å². The van der Waals surface area contributed by atoms with Crippen LogP contribution in [0.4, 0.5) is 0 Å². The van der Waals surface area contributed by atoms with Crippen LogP contribution in [0, 0.1) is 12.8 Å². The number of ether oxygens (including phenoxy) is 1. The highest BCUT2D eigenvalue weighted by atomic mass is 16.5. The lowest BCUT2D eigenvalue weighted by molar-refractivity contribution is 0.0805. The van der Waals surface area contributed by atoms with E-state index >= 15 is 0 Å². The fourth-order valence-corrected chi connectivity index (χ4v) is 2.84. The number of aromatic nitrogens is 6. The highest BCUT2D eigenvalue weighted by molar-refractivity contribution is 5.31. The molecule has 0 saturated carbocycles. The Balaban J connectivity index is 1.55. The first-order valence-electron chi connectivity index (χ1n) is 6.88. The minimum atomic E-state index is 0.405. The summed E-state index contributed by atoms with van der Waals surface area (Å²) in [5.41, 5.74) is 0. The Kier molecular flexibility index (Phi) is 2.66. The number of hydrogen-bond acceptors (Lipinski definition) is 5. The Hall–Kier alpha value is -2.02. The first-order valence-corrected chi connectivity index (χ1v) is 6.88. The highest BCUT2D eigenvalue weighted by Gasteiger charge is 2.22. The van der Waals surface area contributed by atoms with Gasteiger partial charge in [0.15, 0.2) is 5.82 Å². The van der Waals surface area contributed by atoms with Gasteiger partial charge in [-0.2, -0.15) is 0 Å². The van der Waals surface area contributed by atoms with Crippen molar-refractivity contribution >= 4 is 6.20 Å². The SMILES string of the molecule is Cc1nnc2n1C=CC(Cc1nnc3n1CCOC3)C2. The smallest absolute Gasteiger partial charge is 0.159 e. The number of aryl methyl sites for hydroxylation is 1. The minimum absolute atomic E-state index is 0.405. The van der Waals surface area contributed by atoms with Crippen molar-refractivity contribution in [2.24, 2.45) is 5.92 Å². The molecular formula is C13H16N6O. The number of nitrogens with zero attached hydrogens (tertiary/aromatic N) is 6. The van der Waals surface area contributed by atoms with Crippen LogP contribution in [-0.4, -0.2) is 36.1 Å². The average molecular weight is 272 g/mol. The van der Waals surface area contributed by atoms with E-state index in [1.807, 2.05) is 11.5 Å². The normalized spacial score (nSPS) is 20.8. The standard InChI is InChI=1S/C13H16N6O/c1-9-14-15-11-6-10(2-3-18(9)11)7-12-16-17-13-8-20-5-4-19(12)13/h2-3,10H,4-8H2,1H3. The summed E-state index contributed by atoms with van der Waals surface area (Å²) >= 11 is 0. The quantitative estimate of drug-likeness (QED) is 0.800. The molecular weight excluding hydrogens is 256 g/mol. The monoisotopic (exact) mass is 272 g/mol. The third-order valence-electron chi connectivity index (χ3n) is 3.93. The topological polar surface area (TPSA) is 70.7 Å². The number of allylic oxidation sites excluding steroid dienone is 1. The molecule has 0 spiro atoms. The molecule has 2 aromatic heterocycles. The van der Waals surface area contributed by atoms with Crippen molar-refractivity contribution < 1.29 is 4.74 Å². The van der Waals surface area contributed by atoms with Crippen LogP contribution < -0.4 is 0 Å². The van der Waals surface area contributed by atoms with E-state index in [4.69, 9.17) is 4.74 Å². The van der Waals surface area contributed by atoms with Crippen molar-refractivity contribution in [3.05, 3.63) is 29.4 Å². The van der Waals surface area contributed by atoms with Crippen LogP contribution in [0.15, 0.2) is 6.08 Å². The van der Waals surface area contributed by atoms with Crippen LogP contribution >= 0.6 is 0 Å². The van der Waals surface area contributed by atoms with Gasteiger partial charge in [0.2, 0.25) is 0 Å². The summed E-state index contributed by atoms with van der Waals surface area (Å²) in [6.07, 6.45) is 6.06. The van der Waals surface area contributed by atoms with E-state index in [1.165, 1.54) is 0 Å². The van der Waals surface area contributed by atoms with E-state index in [9.17, 15) is 0 Å². The zero-order valence-electron chi connectivity index (χ0n) is 11.4. The van der Waals surface area contributed by atoms with E-state index in [-0.39, 0.29) is 0 Å². The van der Waals surface area contributed by atoms with E-state index in [0.717, 1.165) is 49.3 Å². The lowest BCUT2D eigenvalue weighted by Crippen LogP contribution is -2.21. The molecule has 20 heavy (non-hydrogen) atoms. The van der Waals surface area contributed by atoms with Crippen LogP contribution in [0.5, 0.6) is 0 Å². The van der Waals surface area contributed by atoms with Crippen LogP contribution in [0.25, 0.3) is 6.20 Å². The summed E-state index contributed by atoms with van der Waals surface area (Å²) in [4.78, 5) is 0. The summed E-state index contributed by atoms with van der Waals surface area (Å²) in [6, 6.07) is 0. The zero-order chi connectivity index (χ0) is 13.5.